The number of nitrogens with one attached hydrogen (secondary N) is 4. The Kier molecular flexibility index (Phi) is 6.12. The van der Waals surface area contributed by atoms with Crippen LogP contribution in [0, 0.1) is 6.92 Å². The molecule has 0 amide bonds. The summed E-state index contributed by atoms with van der Waals surface area (Å²) >= 11 is 0. The summed E-state index contributed by atoms with van der Waals surface area (Å²) in [6.07, 6.45) is 3.21. The number of H-pyrrole nitrogens is 2. The smallest absolute Gasteiger partial charge is 0.216 e. The Morgan fingerprint density at radius 2 is 2.03 bits per heavy atom. The third-order valence-electron chi connectivity index (χ3n) is 4.93. The minimum absolute atomic E-state index is 0.568. The molecule has 4 rings (SSSR count). The Labute approximate surface area is 175 Å². The van der Waals surface area contributed by atoms with Crippen molar-refractivity contribution in [1.29, 1.82) is 0 Å². The lowest BCUT2D eigenvalue weighted by molar-refractivity contribution is 0.577. The summed E-state index contributed by atoms with van der Waals surface area (Å²) in [7, 11) is 0. The maximum absolute atomic E-state index is 5.32. The van der Waals surface area contributed by atoms with Crippen LogP contribution < -0.4 is 10.6 Å². The van der Waals surface area contributed by atoms with Gasteiger partial charge in [-0.1, -0.05) is 18.2 Å². The predicted octanol–water partition coefficient (Wildman–Crippen LogP) is 3.19. The van der Waals surface area contributed by atoms with E-state index in [-0.39, 0.29) is 0 Å². The average molecular weight is 406 g/mol. The Hall–Kier alpha value is -3.55. The Balaban J connectivity index is 1.32. The minimum atomic E-state index is 0.568. The van der Waals surface area contributed by atoms with E-state index in [1.54, 1.807) is 6.26 Å². The first-order valence-electron chi connectivity index (χ1n) is 10.3. The number of fused-ring (bicyclic) bond motifs is 1. The molecule has 30 heavy (non-hydrogen) atoms. The number of aromatic nitrogens is 4. The molecular weight excluding hydrogens is 378 g/mol. The molecule has 3 aromatic heterocycles. The highest BCUT2D eigenvalue weighted by molar-refractivity contribution is 5.84. The molecule has 0 atom stereocenters. The van der Waals surface area contributed by atoms with Crippen molar-refractivity contribution in [3.8, 4) is 11.6 Å². The van der Waals surface area contributed by atoms with Gasteiger partial charge in [0.15, 0.2) is 11.7 Å². The number of rotatable bonds is 8. The second-order valence-corrected chi connectivity index (χ2v) is 7.04. The maximum Gasteiger partial charge on any atom is 0.216 e. The molecule has 0 aliphatic rings. The highest BCUT2D eigenvalue weighted by atomic mass is 16.3. The number of aliphatic imine (C=N–C) groups is 1. The normalized spacial score (nSPS) is 11.9. The van der Waals surface area contributed by atoms with E-state index in [1.165, 1.54) is 22.2 Å². The molecule has 0 unspecified atom stereocenters. The average Bonchev–Trinajstić information content (AvgIpc) is 3.48. The van der Waals surface area contributed by atoms with E-state index in [0.29, 0.717) is 24.6 Å². The number of hydrogen-bond donors (Lipinski definition) is 4. The summed E-state index contributed by atoms with van der Waals surface area (Å²) < 4.78 is 5.32. The number of guanidine groups is 1. The summed E-state index contributed by atoms with van der Waals surface area (Å²) in [5, 5.41) is 15.2. The number of aromatic amines is 2. The first-order chi connectivity index (χ1) is 14.7. The monoisotopic (exact) mass is 405 g/mol. The van der Waals surface area contributed by atoms with E-state index in [0.717, 1.165) is 31.3 Å². The quantitative estimate of drug-likeness (QED) is 0.266. The van der Waals surface area contributed by atoms with Crippen LogP contribution >= 0.6 is 0 Å². The topological polar surface area (TPSA) is 107 Å². The van der Waals surface area contributed by atoms with Crippen LogP contribution in [0.3, 0.4) is 0 Å². The molecule has 0 spiro atoms. The van der Waals surface area contributed by atoms with Crippen LogP contribution in [-0.2, 0) is 12.8 Å². The fourth-order valence-electron chi connectivity index (χ4n) is 3.50. The largest absolute Gasteiger partial charge is 0.461 e. The van der Waals surface area contributed by atoms with E-state index >= 15 is 0 Å². The van der Waals surface area contributed by atoms with Gasteiger partial charge in [0.25, 0.3) is 0 Å². The summed E-state index contributed by atoms with van der Waals surface area (Å²) in [6, 6.07) is 12.1. The molecular formula is C22H27N7O. The molecule has 8 nitrogen and oxygen atoms in total. The predicted molar refractivity (Wildman–Crippen MR) is 119 cm³/mol. The van der Waals surface area contributed by atoms with Gasteiger partial charge in [0.1, 0.15) is 5.82 Å². The van der Waals surface area contributed by atoms with Crippen LogP contribution in [0.5, 0.6) is 0 Å². The van der Waals surface area contributed by atoms with Gasteiger partial charge in [-0.3, -0.25) is 10.1 Å². The van der Waals surface area contributed by atoms with Crippen LogP contribution in [-0.4, -0.2) is 45.8 Å². The molecule has 4 aromatic rings. The molecule has 8 heteroatoms. The van der Waals surface area contributed by atoms with Crippen molar-refractivity contribution < 1.29 is 4.42 Å². The van der Waals surface area contributed by atoms with Gasteiger partial charge in [-0.2, -0.15) is 5.10 Å². The van der Waals surface area contributed by atoms with Crippen molar-refractivity contribution in [3.63, 3.8) is 0 Å². The van der Waals surface area contributed by atoms with E-state index in [9.17, 15) is 0 Å². The molecule has 1 aromatic carbocycles. The van der Waals surface area contributed by atoms with Crippen molar-refractivity contribution in [2.24, 2.45) is 4.99 Å². The Bertz CT molecular complexity index is 1110. The minimum Gasteiger partial charge on any atom is -0.461 e. The second-order valence-electron chi connectivity index (χ2n) is 7.04. The van der Waals surface area contributed by atoms with Crippen LogP contribution in [0.25, 0.3) is 22.5 Å². The van der Waals surface area contributed by atoms with Gasteiger partial charge in [0.05, 0.1) is 6.26 Å². The molecule has 0 bridgehead atoms. The number of aryl methyl sites for hydroxylation is 1. The van der Waals surface area contributed by atoms with E-state index in [4.69, 9.17) is 4.42 Å². The summed E-state index contributed by atoms with van der Waals surface area (Å²) in [6.45, 7) is 6.41. The van der Waals surface area contributed by atoms with Gasteiger partial charge in [-0.05, 0) is 44.0 Å². The summed E-state index contributed by atoms with van der Waals surface area (Å²) in [4.78, 5) is 12.6. The van der Waals surface area contributed by atoms with Crippen molar-refractivity contribution in [1.82, 2.24) is 30.8 Å². The SMILES string of the molecule is CCNC(=NCCc1nc(-c2ccco2)n[nH]1)NCCc1c(C)[nH]c2ccccc12. The van der Waals surface area contributed by atoms with Crippen molar-refractivity contribution in [2.45, 2.75) is 26.7 Å². The molecule has 0 radical (unpaired) electrons. The van der Waals surface area contributed by atoms with Crippen molar-refractivity contribution >= 4 is 16.9 Å². The standard InChI is InChI=1S/C22H27N7O/c1-3-23-22(24-12-10-16-15(2)26-18-8-5-4-7-17(16)18)25-13-11-20-27-21(29-28-20)19-9-6-14-30-19/h4-9,14,26H,3,10-13H2,1-2H3,(H2,23,24,25)(H,27,28,29). The van der Waals surface area contributed by atoms with Gasteiger partial charge in [-0.15, -0.1) is 0 Å². The Morgan fingerprint density at radius 3 is 2.87 bits per heavy atom. The summed E-state index contributed by atoms with van der Waals surface area (Å²) in [5.74, 6) is 2.82. The van der Waals surface area contributed by atoms with Crippen LogP contribution in [0.15, 0.2) is 52.1 Å². The number of benzene rings is 1. The first-order valence-corrected chi connectivity index (χ1v) is 10.3. The van der Waals surface area contributed by atoms with Crippen LogP contribution in [0.1, 0.15) is 24.0 Å². The molecule has 4 N–H and O–H groups in total. The fourth-order valence-corrected chi connectivity index (χ4v) is 3.50. The second kappa shape index (κ2) is 9.30. The number of hydrogen-bond acceptors (Lipinski definition) is 4. The zero-order chi connectivity index (χ0) is 20.8. The van der Waals surface area contributed by atoms with Gasteiger partial charge < -0.3 is 20.0 Å². The maximum atomic E-state index is 5.32. The number of nitrogens with zero attached hydrogens (tertiary/aromatic N) is 3. The van der Waals surface area contributed by atoms with Gasteiger partial charge >= 0.3 is 0 Å². The first kappa shape index (κ1) is 19.8. The molecule has 156 valence electrons. The third kappa shape index (κ3) is 4.53. The summed E-state index contributed by atoms with van der Waals surface area (Å²) in [5.41, 5.74) is 3.75. The number of para-hydroxylation sites is 1. The molecule has 3 heterocycles. The zero-order valence-corrected chi connectivity index (χ0v) is 17.3. The van der Waals surface area contributed by atoms with Crippen molar-refractivity contribution in [3.05, 3.63) is 59.7 Å². The highest BCUT2D eigenvalue weighted by Crippen LogP contribution is 2.21. The molecule has 0 aliphatic heterocycles. The lowest BCUT2D eigenvalue weighted by atomic mass is 10.1. The fraction of sp³-hybridized carbons (Fsp3) is 0.318. The lowest BCUT2D eigenvalue weighted by Gasteiger charge is -2.11. The Morgan fingerprint density at radius 1 is 1.13 bits per heavy atom. The van der Waals surface area contributed by atoms with E-state index in [1.807, 2.05) is 12.1 Å². The molecule has 0 saturated heterocycles. The van der Waals surface area contributed by atoms with Gasteiger partial charge in [0, 0.05) is 42.7 Å². The highest BCUT2D eigenvalue weighted by Gasteiger charge is 2.09. The number of furan rings is 1. The zero-order valence-electron chi connectivity index (χ0n) is 17.3. The third-order valence-corrected chi connectivity index (χ3v) is 4.93. The van der Waals surface area contributed by atoms with Crippen molar-refractivity contribution in [2.75, 3.05) is 19.6 Å². The lowest BCUT2D eigenvalue weighted by Crippen LogP contribution is -2.38. The molecule has 0 saturated carbocycles. The molecule has 0 fully saturated rings. The van der Waals surface area contributed by atoms with Crippen LogP contribution in [0.4, 0.5) is 0 Å². The van der Waals surface area contributed by atoms with Gasteiger partial charge in [-0.25, -0.2) is 4.98 Å². The molecule has 0 aliphatic carbocycles. The van der Waals surface area contributed by atoms with Crippen LogP contribution in [0.2, 0.25) is 0 Å². The van der Waals surface area contributed by atoms with E-state index < -0.39 is 0 Å². The van der Waals surface area contributed by atoms with E-state index in [2.05, 4.69) is 73.9 Å². The van der Waals surface area contributed by atoms with Gasteiger partial charge in [0.2, 0.25) is 5.82 Å².